The molecule has 0 aliphatic rings. The Balaban J connectivity index is 4.00. The van der Waals surface area contributed by atoms with Crippen LogP contribution in [0.15, 0.2) is 97.2 Å². The molecule has 0 aliphatic carbocycles. The Morgan fingerprint density at radius 3 is 0.744 bits per heavy atom. The van der Waals surface area contributed by atoms with E-state index in [0.29, 0.717) is 19.3 Å². The van der Waals surface area contributed by atoms with E-state index < -0.39 is 6.10 Å². The van der Waals surface area contributed by atoms with Crippen LogP contribution >= 0.6 is 0 Å². The first-order valence-corrected chi connectivity index (χ1v) is 35.2. The van der Waals surface area contributed by atoms with Gasteiger partial charge in [-0.25, -0.2) is 0 Å². The Morgan fingerprint density at radius 2 is 0.476 bits per heavy atom. The summed E-state index contributed by atoms with van der Waals surface area (Å²) in [6.07, 6.45) is 94.8. The molecule has 0 amide bonds. The van der Waals surface area contributed by atoms with Crippen LogP contribution in [0, 0.1) is 0 Å². The lowest BCUT2D eigenvalue weighted by atomic mass is 10.0. The summed E-state index contributed by atoms with van der Waals surface area (Å²) in [5, 5.41) is 0. The SMILES string of the molecule is CC/C=C\C/C=C\C/C=C\C/C=C\CCCCCCCCCCCCCCCCCCC(=O)OCC(COC(=O)CCCCCCCC)OC(=O)CCCCCCCCCCCCCCCCCC/C=C\C/C=C\C/C=C\C/C=C\CC. The summed E-state index contributed by atoms with van der Waals surface area (Å²) in [7, 11) is 0. The van der Waals surface area contributed by atoms with E-state index in [-0.39, 0.29) is 31.1 Å². The minimum atomic E-state index is -0.773. The third kappa shape index (κ3) is 67.1. The summed E-state index contributed by atoms with van der Waals surface area (Å²) in [5.41, 5.74) is 0. The number of rotatable bonds is 64. The lowest BCUT2D eigenvalue weighted by Gasteiger charge is -2.18. The van der Waals surface area contributed by atoms with Crippen LogP contribution in [0.25, 0.3) is 0 Å². The molecule has 0 saturated heterocycles. The number of carbonyl (C=O) groups is 3. The molecule has 0 saturated carbocycles. The van der Waals surface area contributed by atoms with Crippen molar-refractivity contribution in [2.24, 2.45) is 0 Å². The van der Waals surface area contributed by atoms with Gasteiger partial charge in [-0.15, -0.1) is 0 Å². The zero-order valence-electron chi connectivity index (χ0n) is 54.2. The second-order valence-electron chi connectivity index (χ2n) is 23.4. The molecular formula is C76H132O6. The first-order chi connectivity index (χ1) is 40.5. The molecule has 0 heterocycles. The van der Waals surface area contributed by atoms with E-state index in [2.05, 4.69) is 118 Å². The van der Waals surface area contributed by atoms with Gasteiger partial charge in [-0.3, -0.25) is 14.4 Å². The van der Waals surface area contributed by atoms with Crippen molar-refractivity contribution in [1.82, 2.24) is 0 Å². The van der Waals surface area contributed by atoms with Crippen LogP contribution in [0.4, 0.5) is 0 Å². The van der Waals surface area contributed by atoms with Crippen molar-refractivity contribution in [1.29, 1.82) is 0 Å². The average molecular weight is 1140 g/mol. The fourth-order valence-electron chi connectivity index (χ4n) is 10.1. The monoisotopic (exact) mass is 1140 g/mol. The average Bonchev–Trinajstić information content (AvgIpc) is 3.47. The minimum Gasteiger partial charge on any atom is -0.462 e. The zero-order chi connectivity index (χ0) is 59.2. The highest BCUT2D eigenvalue weighted by Crippen LogP contribution is 2.18. The van der Waals surface area contributed by atoms with Gasteiger partial charge in [-0.05, 0) is 96.3 Å². The van der Waals surface area contributed by atoms with Crippen molar-refractivity contribution in [3.8, 4) is 0 Å². The first kappa shape index (κ1) is 78.3. The van der Waals surface area contributed by atoms with Gasteiger partial charge < -0.3 is 14.2 Å². The lowest BCUT2D eigenvalue weighted by Crippen LogP contribution is -2.30. The third-order valence-corrected chi connectivity index (χ3v) is 15.3. The summed E-state index contributed by atoms with van der Waals surface area (Å²) >= 11 is 0. The molecule has 0 radical (unpaired) electrons. The summed E-state index contributed by atoms with van der Waals surface area (Å²) in [4.78, 5) is 38.1. The maximum atomic E-state index is 12.9. The van der Waals surface area contributed by atoms with E-state index in [1.165, 1.54) is 199 Å². The van der Waals surface area contributed by atoms with Crippen LogP contribution in [0.5, 0.6) is 0 Å². The highest BCUT2D eigenvalue weighted by molar-refractivity contribution is 5.71. The van der Waals surface area contributed by atoms with Gasteiger partial charge in [-0.2, -0.15) is 0 Å². The summed E-state index contributed by atoms with van der Waals surface area (Å²) < 4.78 is 16.9. The van der Waals surface area contributed by atoms with Crippen LogP contribution in [0.2, 0.25) is 0 Å². The van der Waals surface area contributed by atoms with Gasteiger partial charge in [0, 0.05) is 19.3 Å². The maximum Gasteiger partial charge on any atom is 0.306 e. The molecule has 1 atom stereocenters. The largest absolute Gasteiger partial charge is 0.462 e. The number of carbonyl (C=O) groups excluding carboxylic acids is 3. The predicted molar refractivity (Wildman–Crippen MR) is 357 cm³/mol. The van der Waals surface area contributed by atoms with Crippen molar-refractivity contribution in [2.75, 3.05) is 13.2 Å². The Morgan fingerprint density at radius 1 is 0.256 bits per heavy atom. The number of unbranched alkanes of at least 4 members (excludes halogenated alkanes) is 37. The molecule has 0 rings (SSSR count). The van der Waals surface area contributed by atoms with E-state index >= 15 is 0 Å². The predicted octanol–water partition coefficient (Wildman–Crippen LogP) is 24.4. The van der Waals surface area contributed by atoms with Crippen LogP contribution in [-0.4, -0.2) is 37.2 Å². The van der Waals surface area contributed by atoms with Gasteiger partial charge in [0.2, 0.25) is 0 Å². The molecule has 0 aliphatic heterocycles. The summed E-state index contributed by atoms with van der Waals surface area (Å²) in [6, 6.07) is 0. The molecule has 0 fully saturated rings. The molecule has 0 spiro atoms. The normalized spacial score (nSPS) is 12.7. The highest BCUT2D eigenvalue weighted by Gasteiger charge is 2.19. The topological polar surface area (TPSA) is 78.9 Å². The van der Waals surface area contributed by atoms with E-state index in [0.717, 1.165) is 109 Å². The fourth-order valence-corrected chi connectivity index (χ4v) is 10.1. The van der Waals surface area contributed by atoms with E-state index in [4.69, 9.17) is 14.2 Å². The van der Waals surface area contributed by atoms with Gasteiger partial charge in [0.1, 0.15) is 13.2 Å². The maximum absolute atomic E-state index is 12.9. The quantitative estimate of drug-likeness (QED) is 0.0261. The van der Waals surface area contributed by atoms with Crippen LogP contribution in [-0.2, 0) is 28.6 Å². The molecule has 0 aromatic rings. The molecule has 0 N–H and O–H groups in total. The van der Waals surface area contributed by atoms with Gasteiger partial charge in [0.15, 0.2) is 6.10 Å². The number of allylic oxidation sites excluding steroid dienone is 16. The second-order valence-corrected chi connectivity index (χ2v) is 23.4. The highest BCUT2D eigenvalue weighted by atomic mass is 16.6. The van der Waals surface area contributed by atoms with E-state index in [9.17, 15) is 14.4 Å². The van der Waals surface area contributed by atoms with Crippen molar-refractivity contribution in [3.05, 3.63) is 97.2 Å². The summed E-state index contributed by atoms with van der Waals surface area (Å²) in [5.74, 6) is -0.866. The number of esters is 3. The van der Waals surface area contributed by atoms with Gasteiger partial charge in [0.25, 0.3) is 0 Å². The number of ether oxygens (including phenoxy) is 3. The molecule has 82 heavy (non-hydrogen) atoms. The smallest absolute Gasteiger partial charge is 0.306 e. The lowest BCUT2D eigenvalue weighted by molar-refractivity contribution is -0.167. The fraction of sp³-hybridized carbons (Fsp3) is 0.750. The number of hydrogen-bond acceptors (Lipinski definition) is 6. The third-order valence-electron chi connectivity index (χ3n) is 15.3. The van der Waals surface area contributed by atoms with Gasteiger partial charge in [-0.1, -0.05) is 330 Å². The van der Waals surface area contributed by atoms with E-state index in [1.54, 1.807) is 0 Å². The van der Waals surface area contributed by atoms with Crippen molar-refractivity contribution in [2.45, 2.75) is 354 Å². The number of hydrogen-bond donors (Lipinski definition) is 0. The van der Waals surface area contributed by atoms with Gasteiger partial charge >= 0.3 is 17.9 Å². The summed E-state index contributed by atoms with van der Waals surface area (Å²) in [6.45, 7) is 6.40. The van der Waals surface area contributed by atoms with Crippen LogP contribution in [0.1, 0.15) is 348 Å². The molecule has 6 nitrogen and oxygen atoms in total. The van der Waals surface area contributed by atoms with Crippen molar-refractivity contribution < 1.29 is 28.6 Å². The second kappa shape index (κ2) is 69.8. The van der Waals surface area contributed by atoms with Crippen LogP contribution in [0.3, 0.4) is 0 Å². The van der Waals surface area contributed by atoms with Gasteiger partial charge in [0.05, 0.1) is 0 Å². The zero-order valence-corrected chi connectivity index (χ0v) is 54.2. The molecule has 1 unspecified atom stereocenters. The Hall–Kier alpha value is -3.67. The Bertz CT molecular complexity index is 1590. The first-order valence-electron chi connectivity index (χ1n) is 35.2. The molecule has 0 aromatic carbocycles. The van der Waals surface area contributed by atoms with Crippen LogP contribution < -0.4 is 0 Å². The minimum absolute atomic E-state index is 0.0726. The Labute approximate surface area is 508 Å². The molecular weight excluding hydrogens is 1010 g/mol. The standard InChI is InChI=1S/C76H132O6/c1-4-7-10-13-16-18-20-22-24-26-28-30-32-34-36-38-40-42-44-46-48-50-52-54-56-58-60-63-66-69-75(78)81-72-73(71-80-74(77)68-65-62-15-12-9-6-3)82-76(79)70-67-64-61-59-57-55-53-51-49-47-45-43-41-39-37-35-33-31-29-27-25-23-21-19-17-14-11-8-5-2/h7-8,10-11,16-19,22-25,28-31,73H,4-6,9,12-15,20-21,26-27,32-72H2,1-3H3/b10-7-,11-8-,18-16-,19-17-,24-22-,25-23-,30-28-,31-29-. The Kier molecular flexibility index (Phi) is 66.7. The molecule has 6 heteroatoms. The molecule has 472 valence electrons. The van der Waals surface area contributed by atoms with Crippen molar-refractivity contribution in [3.63, 3.8) is 0 Å². The van der Waals surface area contributed by atoms with E-state index in [1.807, 2.05) is 0 Å². The van der Waals surface area contributed by atoms with Crippen molar-refractivity contribution >= 4 is 17.9 Å². The molecule has 0 bridgehead atoms. The molecule has 0 aromatic heterocycles.